The standard InChI is InChI=1S/C4H4Cl2N4O2S/c5-2-1-3(9-4(6)8-2)10-13(7,11)12/h1H,(H2,7,11,12)(H,8,9,10). The molecule has 1 aromatic heterocycles. The molecule has 0 unspecified atom stereocenters. The minimum absolute atomic E-state index is 0.0196. The van der Waals surface area contributed by atoms with Crippen molar-refractivity contribution in [2.24, 2.45) is 5.14 Å². The van der Waals surface area contributed by atoms with Gasteiger partial charge in [-0.15, -0.1) is 0 Å². The SMILES string of the molecule is NS(=O)(=O)Nc1cc(Cl)nc(Cl)n1. The van der Waals surface area contributed by atoms with Crippen LogP contribution in [0.25, 0.3) is 0 Å². The van der Waals surface area contributed by atoms with Gasteiger partial charge in [-0.05, 0) is 11.6 Å². The maximum absolute atomic E-state index is 10.5. The zero-order valence-corrected chi connectivity index (χ0v) is 8.36. The van der Waals surface area contributed by atoms with Crippen molar-refractivity contribution in [3.05, 3.63) is 16.5 Å². The Labute approximate surface area is 84.3 Å². The van der Waals surface area contributed by atoms with Gasteiger partial charge in [0.25, 0.3) is 10.2 Å². The lowest BCUT2D eigenvalue weighted by Crippen LogP contribution is -2.22. The number of hydrogen-bond acceptors (Lipinski definition) is 4. The average molecular weight is 243 g/mol. The quantitative estimate of drug-likeness (QED) is 0.580. The summed E-state index contributed by atoms with van der Waals surface area (Å²) in [5, 5.41) is 4.53. The van der Waals surface area contributed by atoms with Crippen LogP contribution >= 0.6 is 23.2 Å². The van der Waals surface area contributed by atoms with Gasteiger partial charge < -0.3 is 0 Å². The second-order valence-electron chi connectivity index (χ2n) is 1.99. The zero-order chi connectivity index (χ0) is 10.1. The van der Waals surface area contributed by atoms with E-state index in [4.69, 9.17) is 23.2 Å². The summed E-state index contributed by atoms with van der Waals surface area (Å²) in [7, 11) is -3.87. The van der Waals surface area contributed by atoms with Crippen molar-refractivity contribution >= 4 is 39.2 Å². The van der Waals surface area contributed by atoms with Gasteiger partial charge >= 0.3 is 0 Å². The van der Waals surface area contributed by atoms with E-state index in [1.165, 1.54) is 6.07 Å². The molecule has 0 aliphatic carbocycles. The molecule has 6 nitrogen and oxygen atoms in total. The maximum Gasteiger partial charge on any atom is 0.297 e. The number of hydrogen-bond donors (Lipinski definition) is 2. The number of halogens is 2. The minimum atomic E-state index is -3.87. The number of aromatic nitrogens is 2. The Bertz CT molecular complexity index is 400. The minimum Gasteiger partial charge on any atom is -0.255 e. The summed E-state index contributed by atoms with van der Waals surface area (Å²) in [6, 6.07) is 1.18. The zero-order valence-electron chi connectivity index (χ0n) is 6.03. The van der Waals surface area contributed by atoms with E-state index >= 15 is 0 Å². The first-order valence-corrected chi connectivity index (χ1v) is 5.18. The Morgan fingerprint density at radius 2 is 2.00 bits per heavy atom. The highest BCUT2D eigenvalue weighted by Gasteiger charge is 2.06. The monoisotopic (exact) mass is 242 g/mol. The summed E-state index contributed by atoms with van der Waals surface area (Å²) < 4.78 is 23.0. The Morgan fingerprint density at radius 3 is 2.46 bits per heavy atom. The van der Waals surface area contributed by atoms with Crippen molar-refractivity contribution in [1.29, 1.82) is 0 Å². The molecule has 0 fully saturated rings. The van der Waals surface area contributed by atoms with E-state index in [1.807, 2.05) is 4.72 Å². The van der Waals surface area contributed by atoms with E-state index in [-0.39, 0.29) is 16.3 Å². The van der Waals surface area contributed by atoms with Crippen LogP contribution in [-0.2, 0) is 10.2 Å². The van der Waals surface area contributed by atoms with E-state index in [9.17, 15) is 8.42 Å². The Morgan fingerprint density at radius 1 is 1.38 bits per heavy atom. The van der Waals surface area contributed by atoms with Crippen LogP contribution in [0.3, 0.4) is 0 Å². The van der Waals surface area contributed by atoms with Gasteiger partial charge in [-0.3, -0.25) is 4.72 Å². The third-order valence-corrected chi connectivity index (χ3v) is 1.77. The van der Waals surface area contributed by atoms with Crippen LogP contribution < -0.4 is 9.86 Å². The van der Waals surface area contributed by atoms with Gasteiger partial charge in [0.1, 0.15) is 11.0 Å². The maximum atomic E-state index is 10.5. The first-order chi connectivity index (χ1) is 5.87. The molecule has 9 heteroatoms. The normalized spacial score (nSPS) is 11.3. The Kier molecular flexibility index (Phi) is 2.91. The molecule has 0 saturated heterocycles. The van der Waals surface area contributed by atoms with Gasteiger partial charge in [-0.1, -0.05) is 11.6 Å². The topological polar surface area (TPSA) is 98.0 Å². The number of nitrogens with two attached hydrogens (primary N) is 1. The lowest BCUT2D eigenvalue weighted by Gasteiger charge is -2.01. The molecule has 1 aromatic rings. The summed E-state index contributed by atoms with van der Waals surface area (Å²) in [4.78, 5) is 7.03. The molecule has 0 saturated carbocycles. The predicted molar refractivity (Wildman–Crippen MR) is 48.8 cm³/mol. The smallest absolute Gasteiger partial charge is 0.255 e. The van der Waals surface area contributed by atoms with Crippen LogP contribution in [-0.4, -0.2) is 18.4 Å². The lowest BCUT2D eigenvalue weighted by atomic mass is 10.6. The highest BCUT2D eigenvalue weighted by Crippen LogP contribution is 2.14. The molecule has 1 rings (SSSR count). The lowest BCUT2D eigenvalue weighted by molar-refractivity contribution is 0.602. The Balaban J connectivity index is 3.03. The van der Waals surface area contributed by atoms with E-state index in [2.05, 4.69) is 15.1 Å². The number of nitrogens with zero attached hydrogens (tertiary/aromatic N) is 2. The summed E-state index contributed by atoms with van der Waals surface area (Å²) in [5.74, 6) is -0.0764. The van der Waals surface area contributed by atoms with Crippen molar-refractivity contribution in [2.45, 2.75) is 0 Å². The van der Waals surface area contributed by atoms with Gasteiger partial charge in [-0.2, -0.15) is 13.4 Å². The highest BCUT2D eigenvalue weighted by molar-refractivity contribution is 7.90. The molecule has 0 bridgehead atoms. The third-order valence-electron chi connectivity index (χ3n) is 0.914. The van der Waals surface area contributed by atoms with E-state index in [1.54, 1.807) is 0 Å². The first kappa shape index (κ1) is 10.5. The molecule has 0 spiro atoms. The van der Waals surface area contributed by atoms with Crippen LogP contribution in [0.5, 0.6) is 0 Å². The Hall–Kier alpha value is -0.630. The summed E-state index contributed by atoms with van der Waals surface area (Å²) in [6.45, 7) is 0. The van der Waals surface area contributed by atoms with Crippen LogP contribution in [0.1, 0.15) is 0 Å². The van der Waals surface area contributed by atoms with Crippen LogP contribution in [0.15, 0.2) is 6.07 Å². The van der Waals surface area contributed by atoms with Crippen molar-refractivity contribution in [2.75, 3.05) is 4.72 Å². The molecule has 0 aliphatic rings. The van der Waals surface area contributed by atoms with Gasteiger partial charge in [0.15, 0.2) is 0 Å². The molecule has 1 heterocycles. The summed E-state index contributed by atoms with van der Waals surface area (Å²) in [5.41, 5.74) is 0. The molecule has 0 aliphatic heterocycles. The fraction of sp³-hybridized carbons (Fsp3) is 0. The number of nitrogens with one attached hydrogen (secondary N) is 1. The van der Waals surface area contributed by atoms with Crippen LogP contribution in [0, 0.1) is 0 Å². The first-order valence-electron chi connectivity index (χ1n) is 2.87. The number of anilines is 1. The summed E-state index contributed by atoms with van der Waals surface area (Å²) in [6.07, 6.45) is 0. The van der Waals surface area contributed by atoms with E-state index in [0.717, 1.165) is 0 Å². The summed E-state index contributed by atoms with van der Waals surface area (Å²) >= 11 is 10.9. The molecule has 0 amide bonds. The van der Waals surface area contributed by atoms with Gasteiger partial charge in [0, 0.05) is 6.07 Å². The third kappa shape index (κ3) is 3.73. The molecule has 0 atom stereocenters. The fourth-order valence-electron chi connectivity index (χ4n) is 0.588. The van der Waals surface area contributed by atoms with Crippen molar-refractivity contribution in [3.8, 4) is 0 Å². The largest absolute Gasteiger partial charge is 0.297 e. The van der Waals surface area contributed by atoms with Crippen LogP contribution in [0.4, 0.5) is 5.82 Å². The molecule has 3 N–H and O–H groups in total. The van der Waals surface area contributed by atoms with Crippen molar-refractivity contribution in [1.82, 2.24) is 9.97 Å². The fourth-order valence-corrected chi connectivity index (χ4v) is 1.39. The molecule has 13 heavy (non-hydrogen) atoms. The molecule has 0 radical (unpaired) electrons. The average Bonchev–Trinajstić information content (AvgIpc) is 1.78. The predicted octanol–water partition coefficient (Wildman–Crippen LogP) is 0.399. The van der Waals surface area contributed by atoms with Crippen LogP contribution in [0.2, 0.25) is 10.4 Å². The van der Waals surface area contributed by atoms with Gasteiger partial charge in [-0.25, -0.2) is 10.1 Å². The van der Waals surface area contributed by atoms with Crippen molar-refractivity contribution < 1.29 is 8.42 Å². The molecular formula is C4H4Cl2N4O2S. The number of rotatable bonds is 2. The molecule has 72 valence electrons. The van der Waals surface area contributed by atoms with Gasteiger partial charge in [0.2, 0.25) is 5.28 Å². The molecular weight excluding hydrogens is 239 g/mol. The second-order valence-corrected chi connectivity index (χ2v) is 4.01. The van der Waals surface area contributed by atoms with E-state index in [0.29, 0.717) is 0 Å². The van der Waals surface area contributed by atoms with Gasteiger partial charge in [0.05, 0.1) is 0 Å². The van der Waals surface area contributed by atoms with Crippen molar-refractivity contribution in [3.63, 3.8) is 0 Å². The second kappa shape index (κ2) is 3.62. The molecule has 0 aromatic carbocycles. The van der Waals surface area contributed by atoms with E-state index < -0.39 is 10.2 Å². The highest BCUT2D eigenvalue weighted by atomic mass is 35.5.